The molecule has 0 aliphatic rings. The lowest BCUT2D eigenvalue weighted by Crippen LogP contribution is -2.05. The summed E-state index contributed by atoms with van der Waals surface area (Å²) in [5.74, 6) is 1.39. The van der Waals surface area contributed by atoms with Crippen LogP contribution in [0.25, 0.3) is 6.08 Å². The van der Waals surface area contributed by atoms with Crippen LogP contribution in [-0.2, 0) is 0 Å². The molecule has 136 valence electrons. The summed E-state index contributed by atoms with van der Waals surface area (Å²) >= 11 is 0. The summed E-state index contributed by atoms with van der Waals surface area (Å²) in [6.45, 7) is 4.67. The van der Waals surface area contributed by atoms with Crippen molar-refractivity contribution in [3.63, 3.8) is 0 Å². The van der Waals surface area contributed by atoms with E-state index < -0.39 is 4.92 Å². The molecule has 0 aliphatic carbocycles. The van der Waals surface area contributed by atoms with E-state index in [1.807, 2.05) is 6.07 Å². The molecule has 0 saturated heterocycles. The minimum Gasteiger partial charge on any atom is -0.493 e. The summed E-state index contributed by atoms with van der Waals surface area (Å²) in [6, 6.07) is 10.9. The SMILES string of the molecule is COc1ccc(/C=C/C(=O)c2ccc([N+](=O)[O-])cc2)cc1OCC(C)C. The van der Waals surface area contributed by atoms with Gasteiger partial charge in [-0.3, -0.25) is 14.9 Å². The Hall–Kier alpha value is -3.15. The van der Waals surface area contributed by atoms with Gasteiger partial charge in [-0.05, 0) is 41.8 Å². The number of rotatable bonds is 8. The molecule has 0 bridgehead atoms. The van der Waals surface area contributed by atoms with E-state index in [0.717, 1.165) is 5.56 Å². The molecule has 0 atom stereocenters. The highest BCUT2D eigenvalue weighted by Crippen LogP contribution is 2.29. The Morgan fingerprint density at radius 1 is 1.15 bits per heavy atom. The van der Waals surface area contributed by atoms with Gasteiger partial charge in [-0.2, -0.15) is 0 Å². The van der Waals surface area contributed by atoms with Gasteiger partial charge in [-0.25, -0.2) is 0 Å². The molecular formula is C20H21NO5. The van der Waals surface area contributed by atoms with E-state index in [-0.39, 0.29) is 11.5 Å². The summed E-state index contributed by atoms with van der Waals surface area (Å²) in [5, 5.41) is 10.7. The number of nitro benzene ring substituents is 1. The Balaban J connectivity index is 2.14. The van der Waals surface area contributed by atoms with E-state index >= 15 is 0 Å². The van der Waals surface area contributed by atoms with E-state index in [4.69, 9.17) is 9.47 Å². The van der Waals surface area contributed by atoms with Gasteiger partial charge in [-0.1, -0.05) is 26.0 Å². The number of hydrogen-bond acceptors (Lipinski definition) is 5. The maximum absolute atomic E-state index is 12.2. The van der Waals surface area contributed by atoms with Crippen molar-refractivity contribution in [3.05, 3.63) is 69.8 Å². The van der Waals surface area contributed by atoms with Crippen LogP contribution in [0.4, 0.5) is 5.69 Å². The van der Waals surface area contributed by atoms with E-state index in [9.17, 15) is 14.9 Å². The molecule has 0 heterocycles. The van der Waals surface area contributed by atoms with Crippen molar-refractivity contribution in [1.82, 2.24) is 0 Å². The summed E-state index contributed by atoms with van der Waals surface area (Å²) in [6.07, 6.45) is 3.10. The van der Waals surface area contributed by atoms with Crippen molar-refractivity contribution < 1.29 is 19.2 Å². The van der Waals surface area contributed by atoms with Crippen molar-refractivity contribution in [1.29, 1.82) is 0 Å². The molecule has 2 rings (SSSR count). The number of nitrogens with zero attached hydrogens (tertiary/aromatic N) is 1. The Morgan fingerprint density at radius 3 is 2.42 bits per heavy atom. The molecule has 26 heavy (non-hydrogen) atoms. The van der Waals surface area contributed by atoms with Gasteiger partial charge in [0.15, 0.2) is 17.3 Å². The predicted octanol–water partition coefficient (Wildman–Crippen LogP) is 4.53. The van der Waals surface area contributed by atoms with Gasteiger partial charge in [0, 0.05) is 17.7 Å². The zero-order chi connectivity index (χ0) is 19.1. The largest absolute Gasteiger partial charge is 0.493 e. The minimum atomic E-state index is -0.500. The monoisotopic (exact) mass is 355 g/mol. The number of carbonyl (C=O) groups excluding carboxylic acids is 1. The van der Waals surface area contributed by atoms with Gasteiger partial charge >= 0.3 is 0 Å². The second kappa shape index (κ2) is 8.80. The number of carbonyl (C=O) groups is 1. The molecule has 0 amide bonds. The molecule has 6 heteroatoms. The molecule has 0 saturated carbocycles. The fourth-order valence-corrected chi connectivity index (χ4v) is 2.18. The van der Waals surface area contributed by atoms with Crippen molar-refractivity contribution in [3.8, 4) is 11.5 Å². The quantitative estimate of drug-likeness (QED) is 0.301. The lowest BCUT2D eigenvalue weighted by molar-refractivity contribution is -0.384. The first-order chi connectivity index (χ1) is 12.4. The molecule has 0 aliphatic heterocycles. The molecule has 0 aromatic heterocycles. The molecule has 2 aromatic carbocycles. The summed E-state index contributed by atoms with van der Waals surface area (Å²) in [5.41, 5.74) is 1.13. The van der Waals surface area contributed by atoms with Crippen LogP contribution < -0.4 is 9.47 Å². The second-order valence-corrected chi connectivity index (χ2v) is 6.12. The number of non-ortho nitro benzene ring substituents is 1. The number of allylic oxidation sites excluding steroid dienone is 1. The second-order valence-electron chi connectivity index (χ2n) is 6.12. The number of ketones is 1. The van der Waals surface area contributed by atoms with Crippen LogP contribution in [0.5, 0.6) is 11.5 Å². The third-order valence-electron chi connectivity index (χ3n) is 3.55. The van der Waals surface area contributed by atoms with Crippen molar-refractivity contribution in [2.75, 3.05) is 13.7 Å². The molecule has 0 unspecified atom stereocenters. The van der Waals surface area contributed by atoms with E-state index in [2.05, 4.69) is 13.8 Å². The van der Waals surface area contributed by atoms with Gasteiger partial charge in [0.2, 0.25) is 0 Å². The fraction of sp³-hybridized carbons (Fsp3) is 0.250. The summed E-state index contributed by atoms with van der Waals surface area (Å²) in [4.78, 5) is 22.4. The molecular weight excluding hydrogens is 334 g/mol. The fourth-order valence-electron chi connectivity index (χ4n) is 2.18. The first kappa shape index (κ1) is 19.2. The number of benzene rings is 2. The predicted molar refractivity (Wildman–Crippen MR) is 99.8 cm³/mol. The molecule has 0 fully saturated rings. The molecule has 0 spiro atoms. The average molecular weight is 355 g/mol. The van der Waals surface area contributed by atoms with E-state index in [0.29, 0.717) is 29.6 Å². The Bertz CT molecular complexity index is 809. The highest BCUT2D eigenvalue weighted by molar-refractivity contribution is 6.06. The van der Waals surface area contributed by atoms with Crippen LogP contribution >= 0.6 is 0 Å². The lowest BCUT2D eigenvalue weighted by Gasteiger charge is -2.13. The van der Waals surface area contributed by atoms with E-state index in [1.54, 1.807) is 25.3 Å². The van der Waals surface area contributed by atoms with Crippen molar-refractivity contribution in [2.45, 2.75) is 13.8 Å². The maximum atomic E-state index is 12.2. The Labute approximate surface area is 152 Å². The van der Waals surface area contributed by atoms with Crippen LogP contribution in [0.3, 0.4) is 0 Å². The number of nitro groups is 1. The van der Waals surface area contributed by atoms with Crippen LogP contribution in [0.1, 0.15) is 29.8 Å². The van der Waals surface area contributed by atoms with Crippen LogP contribution in [0.15, 0.2) is 48.5 Å². The third kappa shape index (κ3) is 5.17. The van der Waals surface area contributed by atoms with Crippen LogP contribution in [0.2, 0.25) is 0 Å². The minimum absolute atomic E-state index is 0.0485. The average Bonchev–Trinajstić information content (AvgIpc) is 2.64. The molecule has 2 aromatic rings. The van der Waals surface area contributed by atoms with Crippen molar-refractivity contribution in [2.24, 2.45) is 5.92 Å². The highest BCUT2D eigenvalue weighted by atomic mass is 16.6. The number of hydrogen-bond donors (Lipinski definition) is 0. The maximum Gasteiger partial charge on any atom is 0.269 e. The molecule has 0 radical (unpaired) electrons. The first-order valence-corrected chi connectivity index (χ1v) is 8.18. The van der Waals surface area contributed by atoms with Crippen LogP contribution in [0, 0.1) is 16.0 Å². The highest BCUT2D eigenvalue weighted by Gasteiger charge is 2.08. The zero-order valence-electron chi connectivity index (χ0n) is 15.0. The third-order valence-corrected chi connectivity index (χ3v) is 3.55. The summed E-state index contributed by atoms with van der Waals surface area (Å²) in [7, 11) is 1.57. The summed E-state index contributed by atoms with van der Waals surface area (Å²) < 4.78 is 11.0. The molecule has 0 N–H and O–H groups in total. The normalized spacial score (nSPS) is 10.9. The molecule has 6 nitrogen and oxygen atoms in total. The number of methoxy groups -OCH3 is 1. The standard InChI is InChI=1S/C20H21NO5/c1-14(2)13-26-20-12-15(5-11-19(20)25-3)4-10-18(22)16-6-8-17(9-7-16)21(23)24/h4-12,14H,13H2,1-3H3/b10-4+. The van der Waals surface area contributed by atoms with E-state index in [1.165, 1.54) is 30.3 Å². The topological polar surface area (TPSA) is 78.7 Å². The van der Waals surface area contributed by atoms with Gasteiger partial charge < -0.3 is 9.47 Å². The van der Waals surface area contributed by atoms with Crippen LogP contribution in [-0.4, -0.2) is 24.4 Å². The first-order valence-electron chi connectivity index (χ1n) is 8.18. The zero-order valence-corrected chi connectivity index (χ0v) is 15.0. The van der Waals surface area contributed by atoms with Gasteiger partial charge in [-0.15, -0.1) is 0 Å². The Kier molecular flexibility index (Phi) is 6.49. The lowest BCUT2D eigenvalue weighted by atomic mass is 10.1. The number of ether oxygens (including phenoxy) is 2. The Morgan fingerprint density at radius 2 is 1.85 bits per heavy atom. The van der Waals surface area contributed by atoms with Crippen molar-refractivity contribution >= 4 is 17.5 Å². The van der Waals surface area contributed by atoms with Gasteiger partial charge in [0.1, 0.15) is 0 Å². The van der Waals surface area contributed by atoms with Gasteiger partial charge in [0.05, 0.1) is 18.6 Å². The van der Waals surface area contributed by atoms with Gasteiger partial charge in [0.25, 0.3) is 5.69 Å². The smallest absolute Gasteiger partial charge is 0.269 e.